The Labute approximate surface area is 117 Å². The van der Waals surface area contributed by atoms with Crippen LogP contribution in [0, 0.1) is 0 Å². The predicted molar refractivity (Wildman–Crippen MR) is 83.1 cm³/mol. The topological polar surface area (TPSA) is 12.0 Å². The predicted octanol–water partition coefficient (Wildman–Crippen LogP) is 2.65. The van der Waals surface area contributed by atoms with E-state index in [-0.39, 0.29) is 0 Å². The molecule has 0 saturated heterocycles. The fourth-order valence-corrected chi connectivity index (χ4v) is 7.30. The molecule has 1 N–H and O–H groups in total. The molecule has 1 nitrogen and oxygen atoms in total. The molecule has 0 spiro atoms. The molecule has 0 bridgehead atoms. The molecular weight excluding hydrogens is 304 g/mol. The summed E-state index contributed by atoms with van der Waals surface area (Å²) < 4.78 is 0. The Kier molecular flexibility index (Phi) is 4.59. The summed E-state index contributed by atoms with van der Waals surface area (Å²) in [5.74, 6) is 0. The van der Waals surface area contributed by atoms with E-state index in [0.29, 0.717) is 6.04 Å². The van der Waals surface area contributed by atoms with Crippen molar-refractivity contribution in [1.82, 2.24) is 5.09 Å². The van der Waals surface area contributed by atoms with Crippen LogP contribution >= 0.6 is 5.66 Å². The summed E-state index contributed by atoms with van der Waals surface area (Å²) in [6, 6.07) is 21.8. The van der Waals surface area contributed by atoms with Gasteiger partial charge in [0.15, 0.2) is 0 Å². The third kappa shape index (κ3) is 3.02. The van der Waals surface area contributed by atoms with Gasteiger partial charge in [0, 0.05) is 0 Å². The van der Waals surface area contributed by atoms with E-state index >= 15 is 0 Å². The van der Waals surface area contributed by atoms with Crippen LogP contribution in [0.15, 0.2) is 60.7 Å². The zero-order valence-electron chi connectivity index (χ0n) is 10.7. The van der Waals surface area contributed by atoms with Crippen LogP contribution in [0.5, 0.6) is 0 Å². The van der Waals surface area contributed by atoms with Crippen molar-refractivity contribution < 1.29 is 0 Å². The van der Waals surface area contributed by atoms with Crippen molar-refractivity contribution in [3.8, 4) is 0 Å². The van der Waals surface area contributed by atoms with Crippen LogP contribution in [-0.2, 0) is 0 Å². The monoisotopic (exact) mass is 323 g/mol. The third-order valence-corrected chi connectivity index (χ3v) is 8.93. The molecule has 2 aromatic carbocycles. The number of rotatable bonds is 4. The summed E-state index contributed by atoms with van der Waals surface area (Å²) in [6.07, 6.45) is 0. The van der Waals surface area contributed by atoms with Crippen molar-refractivity contribution in [2.75, 3.05) is 0 Å². The average Bonchev–Trinajstić information content (AvgIpc) is 2.40. The van der Waals surface area contributed by atoms with Crippen LogP contribution in [0.25, 0.3) is 0 Å². The van der Waals surface area contributed by atoms with Gasteiger partial charge in [0.2, 0.25) is 0 Å². The van der Waals surface area contributed by atoms with E-state index in [2.05, 4.69) is 94.7 Å². The molecule has 0 atom stereocenters. The molecule has 0 aliphatic carbocycles. The molecule has 0 aromatic heterocycles. The molecule has 0 amide bonds. The maximum atomic E-state index is 3.74. The van der Waals surface area contributed by atoms with E-state index in [9.17, 15) is 0 Å². The normalized spacial score (nSPS) is 11.7. The first-order chi connectivity index (χ1) is 8.63. The van der Waals surface area contributed by atoms with Gasteiger partial charge in [-0.1, -0.05) is 0 Å². The number of nitrogens with one attached hydrogen (secondary N) is 1. The van der Waals surface area contributed by atoms with Crippen LogP contribution in [0.4, 0.5) is 0 Å². The molecule has 0 fully saturated rings. The van der Waals surface area contributed by atoms with E-state index in [4.69, 9.17) is 0 Å². The molecule has 0 radical (unpaired) electrons. The summed E-state index contributed by atoms with van der Waals surface area (Å²) in [7, 11) is 0. The van der Waals surface area contributed by atoms with Crippen molar-refractivity contribution in [2.24, 2.45) is 0 Å². The molecule has 2 aromatic rings. The van der Waals surface area contributed by atoms with E-state index in [1.807, 2.05) is 0 Å². The summed E-state index contributed by atoms with van der Waals surface area (Å²) >= 11 is 3.45. The fraction of sp³-hybridized carbons (Fsp3) is 0.200. The first-order valence-electron chi connectivity index (χ1n) is 6.12. The Bertz CT molecular complexity index is 493. The zero-order valence-corrected chi connectivity index (χ0v) is 13.3. The van der Waals surface area contributed by atoms with Crippen LogP contribution in [0.1, 0.15) is 13.8 Å². The van der Waals surface area contributed by atoms with E-state index in [1.54, 1.807) is 0 Å². The maximum absolute atomic E-state index is 3.74. The number of hydrogen-bond acceptors (Lipinski definition) is 1. The Balaban J connectivity index is 2.52. The summed E-state index contributed by atoms with van der Waals surface area (Å²) in [4.78, 5) is 0. The number of hydrogen-bond donors (Lipinski definition) is 1. The number of benzene rings is 2. The van der Waals surface area contributed by atoms with Gasteiger partial charge >= 0.3 is 117 Å². The SMILES string of the molecule is CC(C)NP(=[Se])(c1ccccc1)c1ccccc1. The standard InChI is InChI=1S/C15H18NPSe/c1-13(2)16-17(18,14-9-5-3-6-10-14)15-11-7-4-8-12-15/h3-13H,1-2H3,(H,16,18). The van der Waals surface area contributed by atoms with Gasteiger partial charge in [0.25, 0.3) is 0 Å². The summed E-state index contributed by atoms with van der Waals surface area (Å²) in [6.45, 7) is 4.38. The van der Waals surface area contributed by atoms with Gasteiger partial charge in [-0.25, -0.2) is 0 Å². The first-order valence-corrected chi connectivity index (χ1v) is 10.1. The van der Waals surface area contributed by atoms with Crippen LogP contribution in [0.2, 0.25) is 0 Å². The molecule has 0 aliphatic rings. The second kappa shape index (κ2) is 5.99. The zero-order chi connectivity index (χ0) is 13.0. The molecule has 0 unspecified atom stereocenters. The quantitative estimate of drug-likeness (QED) is 0.674. The van der Waals surface area contributed by atoms with E-state index in [1.165, 1.54) is 10.6 Å². The van der Waals surface area contributed by atoms with Crippen LogP contribution < -0.4 is 15.7 Å². The first kappa shape index (κ1) is 13.8. The van der Waals surface area contributed by atoms with Gasteiger partial charge < -0.3 is 0 Å². The molecule has 0 saturated carbocycles. The summed E-state index contributed by atoms with van der Waals surface area (Å²) in [5.41, 5.74) is -1.61. The van der Waals surface area contributed by atoms with Gasteiger partial charge in [0.05, 0.1) is 0 Å². The van der Waals surface area contributed by atoms with Gasteiger partial charge in [-0.05, 0) is 0 Å². The minimum absolute atomic E-state index is 0.444. The van der Waals surface area contributed by atoms with E-state index in [0.717, 1.165) is 0 Å². The molecule has 3 heteroatoms. The van der Waals surface area contributed by atoms with Crippen molar-refractivity contribution in [2.45, 2.75) is 19.9 Å². The van der Waals surface area contributed by atoms with Gasteiger partial charge in [-0.15, -0.1) is 0 Å². The Morgan fingerprint density at radius 1 is 0.833 bits per heavy atom. The van der Waals surface area contributed by atoms with Gasteiger partial charge in [-0.3, -0.25) is 0 Å². The minimum atomic E-state index is -1.61. The van der Waals surface area contributed by atoms with Crippen molar-refractivity contribution >= 4 is 31.4 Å². The van der Waals surface area contributed by atoms with Crippen molar-refractivity contribution in [1.29, 1.82) is 0 Å². The van der Waals surface area contributed by atoms with Gasteiger partial charge in [0.1, 0.15) is 0 Å². The molecule has 2 rings (SSSR count). The van der Waals surface area contributed by atoms with Crippen LogP contribution in [0.3, 0.4) is 0 Å². The van der Waals surface area contributed by atoms with Gasteiger partial charge in [-0.2, -0.15) is 0 Å². The second-order valence-electron chi connectivity index (χ2n) is 4.56. The molecule has 18 heavy (non-hydrogen) atoms. The Hall–Kier alpha value is -0.651. The molecule has 0 aliphatic heterocycles. The fourth-order valence-electron chi connectivity index (χ4n) is 1.94. The van der Waals surface area contributed by atoms with Crippen LogP contribution in [-0.4, -0.2) is 21.1 Å². The Morgan fingerprint density at radius 2 is 1.22 bits per heavy atom. The van der Waals surface area contributed by atoms with Crippen molar-refractivity contribution in [3.05, 3.63) is 60.7 Å². The summed E-state index contributed by atoms with van der Waals surface area (Å²) in [5, 5.41) is 6.45. The molecule has 0 heterocycles. The second-order valence-corrected chi connectivity index (χ2v) is 10.5. The molecular formula is C15H18NPSe. The van der Waals surface area contributed by atoms with Crippen molar-refractivity contribution in [3.63, 3.8) is 0 Å². The Morgan fingerprint density at radius 3 is 1.56 bits per heavy atom. The average molecular weight is 322 g/mol. The molecule has 94 valence electrons. The third-order valence-electron chi connectivity index (χ3n) is 2.68. The van der Waals surface area contributed by atoms with E-state index < -0.39 is 5.66 Å².